The molecule has 0 spiro atoms. The molecule has 0 amide bonds. The molecule has 1 heterocycles. The SMILES string of the molecule is CCOC(=O)c1cc(C)nn1[C@H]1CCC2CC21. The maximum absolute atomic E-state index is 11.9. The fourth-order valence-corrected chi connectivity index (χ4v) is 3.10. The summed E-state index contributed by atoms with van der Waals surface area (Å²) >= 11 is 0. The van der Waals surface area contributed by atoms with Crippen LogP contribution in [0.2, 0.25) is 0 Å². The van der Waals surface area contributed by atoms with E-state index in [1.54, 1.807) is 0 Å². The number of esters is 1. The Morgan fingerprint density at radius 3 is 3.00 bits per heavy atom. The summed E-state index contributed by atoms with van der Waals surface area (Å²) in [7, 11) is 0. The number of aryl methyl sites for hydroxylation is 1. The molecule has 92 valence electrons. The van der Waals surface area contributed by atoms with Gasteiger partial charge in [0.1, 0.15) is 5.69 Å². The molecule has 0 aromatic carbocycles. The highest BCUT2D eigenvalue weighted by Crippen LogP contribution is 2.57. The molecule has 0 saturated heterocycles. The van der Waals surface area contributed by atoms with E-state index >= 15 is 0 Å². The van der Waals surface area contributed by atoms with Crippen molar-refractivity contribution in [1.82, 2.24) is 9.78 Å². The van der Waals surface area contributed by atoms with Gasteiger partial charge >= 0.3 is 5.97 Å². The summed E-state index contributed by atoms with van der Waals surface area (Å²) in [6, 6.07) is 2.27. The van der Waals surface area contributed by atoms with E-state index < -0.39 is 0 Å². The molecular formula is C13H18N2O2. The fourth-order valence-electron chi connectivity index (χ4n) is 3.10. The van der Waals surface area contributed by atoms with Crippen molar-refractivity contribution >= 4 is 5.97 Å². The number of hydrogen-bond acceptors (Lipinski definition) is 3. The van der Waals surface area contributed by atoms with Gasteiger partial charge in [-0.3, -0.25) is 4.68 Å². The highest BCUT2D eigenvalue weighted by atomic mass is 16.5. The van der Waals surface area contributed by atoms with Gasteiger partial charge in [0.15, 0.2) is 0 Å². The summed E-state index contributed by atoms with van der Waals surface area (Å²) in [6.45, 7) is 4.18. The van der Waals surface area contributed by atoms with Gasteiger partial charge in [0.2, 0.25) is 0 Å². The Hall–Kier alpha value is -1.32. The molecule has 17 heavy (non-hydrogen) atoms. The molecule has 3 atom stereocenters. The van der Waals surface area contributed by atoms with Crippen LogP contribution in [0, 0.1) is 18.8 Å². The van der Waals surface area contributed by atoms with Gasteiger partial charge in [0.25, 0.3) is 0 Å². The highest BCUT2D eigenvalue weighted by molar-refractivity contribution is 5.87. The molecule has 4 heteroatoms. The lowest BCUT2D eigenvalue weighted by Crippen LogP contribution is -2.18. The lowest BCUT2D eigenvalue weighted by Gasteiger charge is -2.15. The van der Waals surface area contributed by atoms with Crippen LogP contribution >= 0.6 is 0 Å². The number of aromatic nitrogens is 2. The van der Waals surface area contributed by atoms with Crippen LogP contribution in [-0.2, 0) is 4.74 Å². The van der Waals surface area contributed by atoms with Crippen molar-refractivity contribution < 1.29 is 9.53 Å². The number of ether oxygens (including phenoxy) is 1. The molecule has 0 radical (unpaired) electrons. The fraction of sp³-hybridized carbons (Fsp3) is 0.692. The summed E-state index contributed by atoms with van der Waals surface area (Å²) in [6.07, 6.45) is 3.76. The second kappa shape index (κ2) is 3.86. The molecule has 2 fully saturated rings. The second-order valence-corrected chi connectivity index (χ2v) is 5.14. The maximum atomic E-state index is 11.9. The van der Waals surface area contributed by atoms with Gasteiger partial charge in [-0.1, -0.05) is 0 Å². The Morgan fingerprint density at radius 1 is 1.59 bits per heavy atom. The Balaban J connectivity index is 1.90. The zero-order valence-electron chi connectivity index (χ0n) is 10.3. The minimum atomic E-state index is -0.239. The van der Waals surface area contributed by atoms with E-state index in [1.807, 2.05) is 24.6 Å². The summed E-state index contributed by atoms with van der Waals surface area (Å²) in [5.74, 6) is 1.40. The molecule has 2 saturated carbocycles. The molecule has 3 rings (SSSR count). The van der Waals surface area contributed by atoms with Crippen molar-refractivity contribution in [2.45, 2.75) is 39.2 Å². The Labute approximate surface area is 101 Å². The Morgan fingerprint density at radius 2 is 2.41 bits per heavy atom. The van der Waals surface area contributed by atoms with Gasteiger partial charge in [-0.25, -0.2) is 4.79 Å². The van der Waals surface area contributed by atoms with E-state index in [2.05, 4.69) is 5.10 Å². The van der Waals surface area contributed by atoms with Gasteiger partial charge in [0, 0.05) is 0 Å². The molecule has 1 aromatic heterocycles. The van der Waals surface area contributed by atoms with Crippen LogP contribution in [0.15, 0.2) is 6.07 Å². The first-order chi connectivity index (χ1) is 8.20. The minimum Gasteiger partial charge on any atom is -0.461 e. The minimum absolute atomic E-state index is 0.239. The first-order valence-corrected chi connectivity index (χ1v) is 6.44. The Bertz CT molecular complexity index is 452. The lowest BCUT2D eigenvalue weighted by molar-refractivity contribution is 0.0508. The van der Waals surface area contributed by atoms with Crippen molar-refractivity contribution in [1.29, 1.82) is 0 Å². The number of hydrogen-bond donors (Lipinski definition) is 0. The van der Waals surface area contributed by atoms with Crippen LogP contribution in [-0.4, -0.2) is 22.4 Å². The number of carbonyl (C=O) groups is 1. The molecule has 0 bridgehead atoms. The normalized spacial score (nSPS) is 30.1. The third kappa shape index (κ3) is 1.75. The topological polar surface area (TPSA) is 44.1 Å². The van der Waals surface area contributed by atoms with E-state index in [4.69, 9.17) is 4.74 Å². The van der Waals surface area contributed by atoms with Crippen LogP contribution in [0.4, 0.5) is 0 Å². The van der Waals surface area contributed by atoms with Gasteiger partial charge in [0.05, 0.1) is 18.3 Å². The smallest absolute Gasteiger partial charge is 0.356 e. The van der Waals surface area contributed by atoms with E-state index in [1.165, 1.54) is 12.8 Å². The first-order valence-electron chi connectivity index (χ1n) is 6.44. The third-order valence-corrected chi connectivity index (χ3v) is 3.96. The van der Waals surface area contributed by atoms with Crippen LogP contribution < -0.4 is 0 Å². The summed E-state index contributed by atoms with van der Waals surface area (Å²) in [5, 5.41) is 4.49. The highest BCUT2D eigenvalue weighted by Gasteiger charge is 2.49. The molecule has 4 nitrogen and oxygen atoms in total. The predicted octanol–water partition coefficient (Wildman–Crippen LogP) is 2.34. The second-order valence-electron chi connectivity index (χ2n) is 5.14. The molecule has 2 unspecified atom stereocenters. The number of fused-ring (bicyclic) bond motifs is 1. The van der Waals surface area contributed by atoms with Crippen molar-refractivity contribution in [3.05, 3.63) is 17.5 Å². The van der Waals surface area contributed by atoms with Crippen molar-refractivity contribution in [3.63, 3.8) is 0 Å². The van der Waals surface area contributed by atoms with E-state index in [-0.39, 0.29) is 5.97 Å². The molecule has 0 N–H and O–H groups in total. The Kier molecular flexibility index (Phi) is 2.45. The van der Waals surface area contributed by atoms with E-state index in [0.29, 0.717) is 18.3 Å². The quantitative estimate of drug-likeness (QED) is 0.754. The maximum Gasteiger partial charge on any atom is 0.356 e. The van der Waals surface area contributed by atoms with Crippen molar-refractivity contribution in [3.8, 4) is 0 Å². The largest absolute Gasteiger partial charge is 0.461 e. The average molecular weight is 234 g/mol. The van der Waals surface area contributed by atoms with Gasteiger partial charge in [-0.2, -0.15) is 5.10 Å². The van der Waals surface area contributed by atoms with Crippen molar-refractivity contribution in [2.24, 2.45) is 11.8 Å². The average Bonchev–Trinajstić information content (AvgIpc) is 2.79. The summed E-state index contributed by atoms with van der Waals surface area (Å²) in [5.41, 5.74) is 1.53. The number of carbonyl (C=O) groups excluding carboxylic acids is 1. The predicted molar refractivity (Wildman–Crippen MR) is 62.8 cm³/mol. The zero-order chi connectivity index (χ0) is 12.0. The van der Waals surface area contributed by atoms with Crippen LogP contribution in [0.3, 0.4) is 0 Å². The molecule has 2 aliphatic carbocycles. The molecule has 1 aromatic rings. The van der Waals surface area contributed by atoms with Crippen LogP contribution in [0.25, 0.3) is 0 Å². The van der Waals surface area contributed by atoms with Gasteiger partial charge in [-0.05, 0) is 51.0 Å². The monoisotopic (exact) mass is 234 g/mol. The summed E-state index contributed by atoms with van der Waals surface area (Å²) < 4.78 is 7.01. The molecule has 2 aliphatic rings. The summed E-state index contributed by atoms with van der Waals surface area (Å²) in [4.78, 5) is 11.9. The molecule has 0 aliphatic heterocycles. The van der Waals surface area contributed by atoms with E-state index in [0.717, 1.165) is 24.0 Å². The van der Waals surface area contributed by atoms with Crippen molar-refractivity contribution in [2.75, 3.05) is 6.61 Å². The van der Waals surface area contributed by atoms with Crippen LogP contribution in [0.5, 0.6) is 0 Å². The van der Waals surface area contributed by atoms with Gasteiger partial charge < -0.3 is 4.74 Å². The zero-order valence-corrected chi connectivity index (χ0v) is 10.3. The third-order valence-electron chi connectivity index (χ3n) is 3.96. The van der Waals surface area contributed by atoms with Gasteiger partial charge in [-0.15, -0.1) is 0 Å². The van der Waals surface area contributed by atoms with E-state index in [9.17, 15) is 4.79 Å². The standard InChI is InChI=1S/C13H18N2O2/c1-3-17-13(16)12-6-8(2)14-15(12)11-5-4-9-7-10(9)11/h6,9-11H,3-5,7H2,1-2H3/t9?,10?,11-/m0/s1. The first kappa shape index (κ1) is 10.8. The van der Waals surface area contributed by atoms with Crippen LogP contribution in [0.1, 0.15) is 48.4 Å². The number of rotatable bonds is 3. The number of nitrogens with zero attached hydrogens (tertiary/aromatic N) is 2. The molecular weight excluding hydrogens is 216 g/mol. The lowest BCUT2D eigenvalue weighted by atomic mass is 10.1.